The Bertz CT molecular complexity index is 379. The number of rotatable bonds is 6. The second kappa shape index (κ2) is 6.49. The number of hydrogen-bond donors (Lipinski definition) is 1. The number of nitrogens with zero attached hydrogens (tertiary/aromatic N) is 2. The maximum absolute atomic E-state index is 6.10. The molecule has 0 saturated heterocycles. The van der Waals surface area contributed by atoms with E-state index in [9.17, 15) is 0 Å². The summed E-state index contributed by atoms with van der Waals surface area (Å²) in [4.78, 5) is 6.88. The first kappa shape index (κ1) is 14.5. The van der Waals surface area contributed by atoms with Gasteiger partial charge in [0.25, 0.3) is 0 Å². The van der Waals surface area contributed by atoms with Gasteiger partial charge in [0, 0.05) is 36.9 Å². The van der Waals surface area contributed by atoms with Crippen molar-refractivity contribution >= 4 is 0 Å². The molecule has 1 aromatic heterocycles. The van der Waals surface area contributed by atoms with Crippen LogP contribution >= 0.6 is 0 Å². The fourth-order valence-corrected chi connectivity index (χ4v) is 3.32. The van der Waals surface area contributed by atoms with Crippen molar-refractivity contribution in [1.82, 2.24) is 9.88 Å². The monoisotopic (exact) mass is 261 g/mol. The summed E-state index contributed by atoms with van der Waals surface area (Å²) in [6.45, 7) is 4.12. The Balaban J connectivity index is 1.92. The average molecular weight is 261 g/mol. The highest BCUT2D eigenvalue weighted by Crippen LogP contribution is 2.39. The molecule has 2 rings (SSSR count). The number of pyridine rings is 1. The predicted octanol–water partition coefficient (Wildman–Crippen LogP) is 2.46. The molecule has 1 saturated carbocycles. The van der Waals surface area contributed by atoms with Crippen molar-refractivity contribution in [3.8, 4) is 0 Å². The summed E-state index contributed by atoms with van der Waals surface area (Å²) in [5.74, 6) is 0.862. The largest absolute Gasteiger partial charge is 0.329 e. The van der Waals surface area contributed by atoms with Gasteiger partial charge in [-0.2, -0.15) is 0 Å². The molecule has 2 atom stereocenters. The zero-order valence-corrected chi connectivity index (χ0v) is 12.3. The second-order valence-electron chi connectivity index (χ2n) is 5.94. The minimum Gasteiger partial charge on any atom is -0.329 e. The topological polar surface area (TPSA) is 42.1 Å². The van der Waals surface area contributed by atoms with Gasteiger partial charge in [-0.15, -0.1) is 0 Å². The molecule has 1 aliphatic carbocycles. The van der Waals surface area contributed by atoms with Crippen LogP contribution in [0.1, 0.15) is 38.3 Å². The SMILES string of the molecule is CCC1CCC(CN)(N(C)CCc2ccccn2)C1. The number of likely N-dealkylation sites (N-methyl/N-ethyl adjacent to an activating group) is 1. The first-order valence-electron chi connectivity index (χ1n) is 7.51. The van der Waals surface area contributed by atoms with E-state index < -0.39 is 0 Å². The number of aromatic nitrogens is 1. The van der Waals surface area contributed by atoms with Crippen molar-refractivity contribution in [3.63, 3.8) is 0 Å². The molecule has 0 amide bonds. The lowest BCUT2D eigenvalue weighted by Crippen LogP contribution is -2.51. The molecule has 0 aromatic carbocycles. The molecule has 1 fully saturated rings. The predicted molar refractivity (Wildman–Crippen MR) is 80.0 cm³/mol. The molecule has 0 spiro atoms. The molecule has 3 nitrogen and oxygen atoms in total. The van der Waals surface area contributed by atoms with E-state index in [0.29, 0.717) is 0 Å². The van der Waals surface area contributed by atoms with Crippen LogP contribution in [0.3, 0.4) is 0 Å². The van der Waals surface area contributed by atoms with Gasteiger partial charge in [0.2, 0.25) is 0 Å². The highest BCUT2D eigenvalue weighted by atomic mass is 15.2. The van der Waals surface area contributed by atoms with E-state index in [2.05, 4.69) is 36.0 Å². The Hall–Kier alpha value is -0.930. The summed E-state index contributed by atoms with van der Waals surface area (Å²) in [5, 5.41) is 0. The van der Waals surface area contributed by atoms with Crippen molar-refractivity contribution in [2.75, 3.05) is 20.1 Å². The van der Waals surface area contributed by atoms with E-state index in [0.717, 1.165) is 25.4 Å². The Morgan fingerprint density at radius 1 is 1.47 bits per heavy atom. The van der Waals surface area contributed by atoms with Gasteiger partial charge >= 0.3 is 0 Å². The van der Waals surface area contributed by atoms with Crippen molar-refractivity contribution in [2.45, 2.75) is 44.6 Å². The summed E-state index contributed by atoms with van der Waals surface area (Å²) in [6.07, 6.45) is 8.02. The maximum atomic E-state index is 6.10. The van der Waals surface area contributed by atoms with Gasteiger partial charge in [-0.05, 0) is 44.4 Å². The lowest BCUT2D eigenvalue weighted by atomic mass is 9.93. The quantitative estimate of drug-likeness (QED) is 0.855. The molecule has 2 unspecified atom stereocenters. The highest BCUT2D eigenvalue weighted by Gasteiger charge is 2.40. The van der Waals surface area contributed by atoms with E-state index in [1.165, 1.54) is 31.4 Å². The molecule has 1 heterocycles. The summed E-state index contributed by atoms with van der Waals surface area (Å²) >= 11 is 0. The molecule has 2 N–H and O–H groups in total. The van der Waals surface area contributed by atoms with Gasteiger partial charge in [0.05, 0.1) is 0 Å². The second-order valence-corrected chi connectivity index (χ2v) is 5.94. The van der Waals surface area contributed by atoms with Crippen LogP contribution in [0.25, 0.3) is 0 Å². The maximum Gasteiger partial charge on any atom is 0.0416 e. The fourth-order valence-electron chi connectivity index (χ4n) is 3.32. The van der Waals surface area contributed by atoms with E-state index in [-0.39, 0.29) is 5.54 Å². The number of nitrogens with two attached hydrogens (primary N) is 1. The molecular formula is C16H27N3. The Kier molecular flexibility index (Phi) is 4.94. The van der Waals surface area contributed by atoms with Crippen LogP contribution in [-0.2, 0) is 6.42 Å². The smallest absolute Gasteiger partial charge is 0.0416 e. The van der Waals surface area contributed by atoms with Crippen LogP contribution in [0.2, 0.25) is 0 Å². The Morgan fingerprint density at radius 3 is 2.89 bits per heavy atom. The normalized spacial score (nSPS) is 27.1. The summed E-state index contributed by atoms with van der Waals surface area (Å²) in [6, 6.07) is 6.13. The molecule has 1 aliphatic rings. The minimum absolute atomic E-state index is 0.232. The Morgan fingerprint density at radius 2 is 2.32 bits per heavy atom. The van der Waals surface area contributed by atoms with Crippen molar-refractivity contribution < 1.29 is 0 Å². The molecule has 0 aliphatic heterocycles. The summed E-state index contributed by atoms with van der Waals surface area (Å²) in [7, 11) is 2.23. The number of hydrogen-bond acceptors (Lipinski definition) is 3. The van der Waals surface area contributed by atoms with Gasteiger partial charge in [-0.25, -0.2) is 0 Å². The van der Waals surface area contributed by atoms with Crippen molar-refractivity contribution in [3.05, 3.63) is 30.1 Å². The van der Waals surface area contributed by atoms with E-state index in [1.807, 2.05) is 12.3 Å². The van der Waals surface area contributed by atoms with Crippen molar-refractivity contribution in [2.24, 2.45) is 11.7 Å². The summed E-state index contributed by atoms with van der Waals surface area (Å²) < 4.78 is 0. The van der Waals surface area contributed by atoms with Gasteiger partial charge in [0.15, 0.2) is 0 Å². The lowest BCUT2D eigenvalue weighted by molar-refractivity contribution is 0.128. The molecule has 1 aromatic rings. The van der Waals surface area contributed by atoms with Crippen LogP contribution in [0.5, 0.6) is 0 Å². The minimum atomic E-state index is 0.232. The zero-order chi connectivity index (χ0) is 13.7. The zero-order valence-electron chi connectivity index (χ0n) is 12.3. The van der Waals surface area contributed by atoms with Gasteiger partial charge < -0.3 is 5.73 Å². The Labute approximate surface area is 117 Å². The van der Waals surface area contributed by atoms with Gasteiger partial charge in [-0.1, -0.05) is 19.4 Å². The van der Waals surface area contributed by atoms with Gasteiger partial charge in [-0.3, -0.25) is 9.88 Å². The van der Waals surface area contributed by atoms with E-state index in [4.69, 9.17) is 5.73 Å². The third kappa shape index (κ3) is 3.34. The van der Waals surface area contributed by atoms with Crippen LogP contribution < -0.4 is 5.73 Å². The first-order chi connectivity index (χ1) is 9.20. The summed E-state index contributed by atoms with van der Waals surface area (Å²) in [5.41, 5.74) is 7.50. The standard InChI is InChI=1S/C16H27N3/c1-3-14-7-9-16(12-14,13-17)19(2)11-8-15-6-4-5-10-18-15/h4-6,10,14H,3,7-9,11-13,17H2,1-2H3. The molecule has 0 radical (unpaired) electrons. The molecule has 106 valence electrons. The molecule has 3 heteroatoms. The molecule has 0 bridgehead atoms. The van der Waals surface area contributed by atoms with Gasteiger partial charge in [0.1, 0.15) is 0 Å². The first-order valence-corrected chi connectivity index (χ1v) is 7.51. The average Bonchev–Trinajstić information content (AvgIpc) is 2.91. The lowest BCUT2D eigenvalue weighted by Gasteiger charge is -2.38. The van der Waals surface area contributed by atoms with Crippen LogP contribution in [0, 0.1) is 5.92 Å². The third-order valence-corrected chi connectivity index (χ3v) is 4.88. The van der Waals surface area contributed by atoms with E-state index >= 15 is 0 Å². The van der Waals surface area contributed by atoms with Crippen LogP contribution in [0.4, 0.5) is 0 Å². The molecular weight excluding hydrogens is 234 g/mol. The molecule has 19 heavy (non-hydrogen) atoms. The van der Waals surface area contributed by atoms with E-state index in [1.54, 1.807) is 0 Å². The van der Waals surface area contributed by atoms with Crippen LogP contribution in [0.15, 0.2) is 24.4 Å². The van der Waals surface area contributed by atoms with Crippen molar-refractivity contribution in [1.29, 1.82) is 0 Å². The fraction of sp³-hybridized carbons (Fsp3) is 0.688. The highest BCUT2D eigenvalue weighted by molar-refractivity contribution is 5.05. The van der Waals surface area contributed by atoms with Crippen LogP contribution in [-0.4, -0.2) is 35.6 Å². The third-order valence-electron chi connectivity index (χ3n) is 4.88.